The van der Waals surface area contributed by atoms with Gasteiger partial charge in [0.05, 0.1) is 0 Å². The Morgan fingerprint density at radius 2 is 2.19 bits per heavy atom. The summed E-state index contributed by atoms with van der Waals surface area (Å²) in [6, 6.07) is 7.66. The Kier molecular flexibility index (Phi) is 5.36. The molecule has 0 atom stereocenters. The maximum atomic E-state index is 12.0. The number of nitrogens with one attached hydrogen (secondary N) is 1. The lowest BCUT2D eigenvalue weighted by Crippen LogP contribution is -2.24. The van der Waals surface area contributed by atoms with Crippen LogP contribution in [0.2, 0.25) is 0 Å². The molecule has 21 heavy (non-hydrogen) atoms. The molecule has 0 bridgehead atoms. The zero-order valence-corrected chi connectivity index (χ0v) is 13.2. The minimum atomic E-state index is 0.0147. The van der Waals surface area contributed by atoms with E-state index in [-0.39, 0.29) is 5.91 Å². The summed E-state index contributed by atoms with van der Waals surface area (Å²) in [5.41, 5.74) is 9.53. The van der Waals surface area contributed by atoms with Gasteiger partial charge in [-0.2, -0.15) is 11.3 Å². The third kappa shape index (κ3) is 4.58. The Morgan fingerprint density at radius 1 is 1.38 bits per heavy atom. The molecule has 1 aromatic carbocycles. The summed E-state index contributed by atoms with van der Waals surface area (Å²) in [5.74, 6) is 0.0147. The van der Waals surface area contributed by atoms with Crippen molar-refractivity contribution < 1.29 is 4.79 Å². The molecule has 0 aliphatic heterocycles. The van der Waals surface area contributed by atoms with Gasteiger partial charge in [0, 0.05) is 30.9 Å². The normalized spacial score (nSPS) is 10.8. The Hall–Kier alpha value is -1.85. The van der Waals surface area contributed by atoms with Crippen LogP contribution in [0.4, 0.5) is 11.4 Å². The van der Waals surface area contributed by atoms with Crippen LogP contribution in [0.3, 0.4) is 0 Å². The third-order valence-electron chi connectivity index (χ3n) is 3.40. The maximum absolute atomic E-state index is 12.0. The highest BCUT2D eigenvalue weighted by Gasteiger charge is 2.08. The van der Waals surface area contributed by atoms with Gasteiger partial charge in [0.2, 0.25) is 5.91 Å². The van der Waals surface area contributed by atoms with E-state index in [1.54, 1.807) is 11.3 Å². The van der Waals surface area contributed by atoms with Crippen molar-refractivity contribution in [3.8, 4) is 0 Å². The maximum Gasteiger partial charge on any atom is 0.225 e. The zero-order chi connectivity index (χ0) is 15.2. The van der Waals surface area contributed by atoms with Gasteiger partial charge in [-0.3, -0.25) is 4.79 Å². The van der Waals surface area contributed by atoms with E-state index in [0.717, 1.165) is 24.3 Å². The van der Waals surface area contributed by atoms with Gasteiger partial charge in [0.15, 0.2) is 0 Å². The Bertz CT molecular complexity index is 596. The molecule has 2 aromatic rings. The fourth-order valence-electron chi connectivity index (χ4n) is 2.07. The lowest BCUT2D eigenvalue weighted by Gasteiger charge is -2.16. The van der Waals surface area contributed by atoms with Crippen molar-refractivity contribution in [2.24, 2.45) is 0 Å². The Balaban J connectivity index is 1.80. The number of carbonyl (C=O) groups is 1. The third-order valence-corrected chi connectivity index (χ3v) is 4.14. The molecule has 1 aromatic heterocycles. The molecule has 0 fully saturated rings. The average molecular weight is 303 g/mol. The van der Waals surface area contributed by atoms with E-state index >= 15 is 0 Å². The van der Waals surface area contributed by atoms with Crippen molar-refractivity contribution >= 4 is 28.6 Å². The predicted octanol–water partition coefficient (Wildman–Crippen LogP) is 3.10. The van der Waals surface area contributed by atoms with Crippen LogP contribution in [-0.4, -0.2) is 24.4 Å². The molecule has 3 N–H and O–H groups in total. The fourth-order valence-corrected chi connectivity index (χ4v) is 2.73. The van der Waals surface area contributed by atoms with E-state index in [1.807, 2.05) is 32.2 Å². The zero-order valence-electron chi connectivity index (χ0n) is 12.4. The van der Waals surface area contributed by atoms with Crippen LogP contribution in [0.25, 0.3) is 0 Å². The molecule has 2 rings (SSSR count). The van der Waals surface area contributed by atoms with Crippen LogP contribution < -0.4 is 11.1 Å². The number of carbonyl (C=O) groups excluding carboxylic acids is 1. The largest absolute Gasteiger partial charge is 0.398 e. The van der Waals surface area contributed by atoms with E-state index in [2.05, 4.69) is 27.0 Å². The molecule has 112 valence electrons. The first kappa shape index (κ1) is 15.5. The van der Waals surface area contributed by atoms with Gasteiger partial charge in [-0.1, -0.05) is 6.07 Å². The lowest BCUT2D eigenvalue weighted by molar-refractivity contribution is -0.116. The molecule has 0 unspecified atom stereocenters. The second kappa shape index (κ2) is 7.24. The molecule has 0 aliphatic rings. The number of hydrogen-bond acceptors (Lipinski definition) is 4. The van der Waals surface area contributed by atoms with E-state index < -0.39 is 0 Å². The van der Waals surface area contributed by atoms with Gasteiger partial charge in [-0.15, -0.1) is 0 Å². The first-order valence-electron chi connectivity index (χ1n) is 6.91. The summed E-state index contributed by atoms with van der Waals surface area (Å²) in [5, 5.41) is 7.12. The number of hydrogen-bond donors (Lipinski definition) is 2. The van der Waals surface area contributed by atoms with Crippen LogP contribution in [-0.2, 0) is 11.3 Å². The lowest BCUT2D eigenvalue weighted by atomic mass is 10.1. The van der Waals surface area contributed by atoms with E-state index in [4.69, 9.17) is 5.73 Å². The van der Waals surface area contributed by atoms with E-state index in [9.17, 15) is 4.79 Å². The van der Waals surface area contributed by atoms with Gasteiger partial charge in [-0.05, 0) is 54.1 Å². The number of amides is 1. The summed E-state index contributed by atoms with van der Waals surface area (Å²) in [4.78, 5) is 14.2. The first-order chi connectivity index (χ1) is 10.1. The molecule has 1 heterocycles. The first-order valence-corrected chi connectivity index (χ1v) is 7.85. The summed E-state index contributed by atoms with van der Waals surface area (Å²) >= 11 is 1.69. The van der Waals surface area contributed by atoms with Crippen molar-refractivity contribution in [2.75, 3.05) is 24.6 Å². The van der Waals surface area contributed by atoms with Crippen LogP contribution in [0, 0.1) is 6.92 Å². The molecule has 0 saturated heterocycles. The molecular formula is C16H21N3OS. The molecule has 5 heteroatoms. The molecule has 0 radical (unpaired) electrons. The van der Waals surface area contributed by atoms with Gasteiger partial charge >= 0.3 is 0 Å². The number of nitrogens with two attached hydrogens (primary N) is 1. The van der Waals surface area contributed by atoms with E-state index in [1.165, 1.54) is 5.56 Å². The molecule has 0 saturated carbocycles. The number of nitrogen functional groups attached to an aromatic ring is 1. The summed E-state index contributed by atoms with van der Waals surface area (Å²) in [7, 11) is 2.02. The van der Waals surface area contributed by atoms with Crippen LogP contribution in [0.1, 0.15) is 17.5 Å². The Morgan fingerprint density at radius 3 is 2.90 bits per heavy atom. The van der Waals surface area contributed by atoms with Gasteiger partial charge in [-0.25, -0.2) is 0 Å². The minimum absolute atomic E-state index is 0.0147. The predicted molar refractivity (Wildman–Crippen MR) is 89.5 cm³/mol. The van der Waals surface area contributed by atoms with Gasteiger partial charge < -0.3 is 16.0 Å². The van der Waals surface area contributed by atoms with Gasteiger partial charge in [0.25, 0.3) is 0 Å². The highest BCUT2D eigenvalue weighted by atomic mass is 32.1. The molecule has 4 nitrogen and oxygen atoms in total. The monoisotopic (exact) mass is 303 g/mol. The van der Waals surface area contributed by atoms with Crippen molar-refractivity contribution in [1.29, 1.82) is 0 Å². The number of rotatable bonds is 6. The Labute approximate surface area is 129 Å². The van der Waals surface area contributed by atoms with Crippen LogP contribution >= 0.6 is 11.3 Å². The molecule has 1 amide bonds. The standard InChI is InChI=1S/C16H21N3OS/c1-12-14(17)4-3-5-15(12)18-16(20)6-8-19(2)10-13-7-9-21-11-13/h3-5,7,9,11H,6,8,10,17H2,1-2H3,(H,18,20). The highest BCUT2D eigenvalue weighted by molar-refractivity contribution is 7.07. The molecular weight excluding hydrogens is 282 g/mol. The molecule has 0 aliphatic carbocycles. The van der Waals surface area contributed by atoms with Crippen molar-refractivity contribution in [3.05, 3.63) is 46.2 Å². The van der Waals surface area contributed by atoms with Crippen molar-refractivity contribution in [2.45, 2.75) is 19.9 Å². The average Bonchev–Trinajstić information content (AvgIpc) is 2.94. The fraction of sp³-hybridized carbons (Fsp3) is 0.312. The van der Waals surface area contributed by atoms with E-state index in [0.29, 0.717) is 12.1 Å². The summed E-state index contributed by atoms with van der Waals surface area (Å²) in [6.45, 7) is 3.50. The number of thiophene rings is 1. The van der Waals surface area contributed by atoms with Gasteiger partial charge in [0.1, 0.15) is 0 Å². The highest BCUT2D eigenvalue weighted by Crippen LogP contribution is 2.20. The second-order valence-electron chi connectivity index (χ2n) is 5.19. The van der Waals surface area contributed by atoms with Crippen molar-refractivity contribution in [1.82, 2.24) is 4.90 Å². The summed E-state index contributed by atoms with van der Waals surface area (Å²) in [6.07, 6.45) is 0.467. The molecule has 0 spiro atoms. The number of anilines is 2. The topological polar surface area (TPSA) is 58.4 Å². The quantitative estimate of drug-likeness (QED) is 0.806. The second-order valence-corrected chi connectivity index (χ2v) is 5.97. The van der Waals surface area contributed by atoms with Crippen LogP contribution in [0.5, 0.6) is 0 Å². The minimum Gasteiger partial charge on any atom is -0.398 e. The number of benzene rings is 1. The SMILES string of the molecule is Cc1c(N)cccc1NC(=O)CCN(C)Cc1ccsc1. The summed E-state index contributed by atoms with van der Waals surface area (Å²) < 4.78 is 0. The number of nitrogens with zero attached hydrogens (tertiary/aromatic N) is 1. The van der Waals surface area contributed by atoms with Crippen LogP contribution in [0.15, 0.2) is 35.0 Å². The smallest absolute Gasteiger partial charge is 0.225 e. The van der Waals surface area contributed by atoms with Crippen molar-refractivity contribution in [3.63, 3.8) is 0 Å².